The Morgan fingerprint density at radius 2 is 1.72 bits per heavy atom. The molecule has 0 saturated carbocycles. The zero-order valence-electron chi connectivity index (χ0n) is 13.9. The van der Waals surface area contributed by atoms with Crippen LogP contribution in [-0.2, 0) is 4.79 Å². The predicted octanol–water partition coefficient (Wildman–Crippen LogP) is 4.52. The quantitative estimate of drug-likeness (QED) is 0.823. The average molecular weight is 362 g/mol. The summed E-state index contributed by atoms with van der Waals surface area (Å²) in [6.45, 7) is 2.27. The number of rotatable bonds is 5. The number of hydrogen-bond acceptors (Lipinski definition) is 3. The second kappa shape index (κ2) is 8.21. The number of piperidine rings is 1. The van der Waals surface area contributed by atoms with E-state index in [9.17, 15) is 9.18 Å². The maximum atomic E-state index is 13.1. The van der Waals surface area contributed by atoms with Crippen LogP contribution in [0.25, 0.3) is 0 Å². The second-order valence-corrected chi connectivity index (χ2v) is 6.53. The molecular formula is C19H21ClFN3O. The van der Waals surface area contributed by atoms with E-state index in [0.29, 0.717) is 5.69 Å². The van der Waals surface area contributed by atoms with Crippen LogP contribution in [0.4, 0.5) is 21.5 Å². The molecule has 25 heavy (non-hydrogen) atoms. The maximum Gasteiger partial charge on any atom is 0.243 e. The van der Waals surface area contributed by atoms with Gasteiger partial charge in [-0.1, -0.05) is 11.6 Å². The molecule has 4 nitrogen and oxygen atoms in total. The summed E-state index contributed by atoms with van der Waals surface area (Å²) in [6.07, 6.45) is 3.77. The number of hydrogen-bond donors (Lipinski definition) is 2. The van der Waals surface area contributed by atoms with Gasteiger partial charge in [-0.2, -0.15) is 0 Å². The fourth-order valence-corrected chi connectivity index (χ4v) is 3.08. The summed E-state index contributed by atoms with van der Waals surface area (Å²) in [5.41, 5.74) is 2.54. The van der Waals surface area contributed by atoms with Crippen LogP contribution in [0.15, 0.2) is 42.5 Å². The minimum absolute atomic E-state index is 0.0266. The third-order valence-electron chi connectivity index (χ3n) is 4.24. The van der Waals surface area contributed by atoms with Crippen LogP contribution in [0.2, 0.25) is 5.02 Å². The van der Waals surface area contributed by atoms with Crippen LogP contribution in [0.3, 0.4) is 0 Å². The molecule has 1 aliphatic rings. The molecule has 0 aliphatic carbocycles. The summed E-state index contributed by atoms with van der Waals surface area (Å²) < 4.78 is 13.1. The lowest BCUT2D eigenvalue weighted by molar-refractivity contribution is -0.114. The Morgan fingerprint density at radius 3 is 2.40 bits per heavy atom. The summed E-state index contributed by atoms with van der Waals surface area (Å²) in [5.74, 6) is -0.656. The molecular weight excluding hydrogens is 341 g/mol. The zero-order chi connectivity index (χ0) is 17.6. The average Bonchev–Trinajstić information content (AvgIpc) is 2.64. The fraction of sp³-hybridized carbons (Fsp3) is 0.316. The van der Waals surface area contributed by atoms with Gasteiger partial charge in [-0.15, -0.1) is 0 Å². The molecule has 132 valence electrons. The number of carbonyl (C=O) groups is 1. The van der Waals surface area contributed by atoms with Gasteiger partial charge in [0.05, 0.1) is 11.6 Å². The molecule has 2 N–H and O–H groups in total. The molecule has 0 spiro atoms. The van der Waals surface area contributed by atoms with Crippen LogP contribution in [0, 0.1) is 5.82 Å². The molecule has 0 radical (unpaired) electrons. The van der Waals surface area contributed by atoms with Crippen LogP contribution >= 0.6 is 11.6 Å². The van der Waals surface area contributed by atoms with E-state index in [-0.39, 0.29) is 17.5 Å². The van der Waals surface area contributed by atoms with Crippen molar-refractivity contribution in [2.75, 3.05) is 35.2 Å². The molecule has 2 aromatic rings. The summed E-state index contributed by atoms with van der Waals surface area (Å²) >= 11 is 5.72. The Bertz CT molecular complexity index is 730. The van der Waals surface area contributed by atoms with Crippen molar-refractivity contribution in [3.05, 3.63) is 53.3 Å². The van der Waals surface area contributed by atoms with Gasteiger partial charge in [0.1, 0.15) is 5.82 Å². The molecule has 0 bridgehead atoms. The van der Waals surface area contributed by atoms with Gasteiger partial charge in [-0.3, -0.25) is 4.79 Å². The molecule has 3 rings (SSSR count). The monoisotopic (exact) mass is 361 g/mol. The van der Waals surface area contributed by atoms with E-state index in [1.165, 1.54) is 37.1 Å². The van der Waals surface area contributed by atoms with Crippen LogP contribution in [-0.4, -0.2) is 25.5 Å². The minimum Gasteiger partial charge on any atom is -0.376 e. The number of benzene rings is 2. The van der Waals surface area contributed by atoms with Gasteiger partial charge in [-0.25, -0.2) is 4.39 Å². The van der Waals surface area contributed by atoms with Crippen molar-refractivity contribution in [1.82, 2.24) is 0 Å². The first kappa shape index (κ1) is 17.5. The highest BCUT2D eigenvalue weighted by atomic mass is 35.5. The number of anilines is 3. The smallest absolute Gasteiger partial charge is 0.243 e. The van der Waals surface area contributed by atoms with Gasteiger partial charge in [0, 0.05) is 30.2 Å². The SMILES string of the molecule is O=C(CNc1ccc(F)c(Cl)c1)Nc1ccc(N2CCCCC2)cc1. The molecule has 1 saturated heterocycles. The molecule has 1 aliphatic heterocycles. The Hall–Kier alpha value is -2.27. The van der Waals surface area contributed by atoms with Gasteiger partial charge in [0.25, 0.3) is 0 Å². The van der Waals surface area contributed by atoms with Crippen LogP contribution in [0.5, 0.6) is 0 Å². The van der Waals surface area contributed by atoms with Crippen molar-refractivity contribution in [2.24, 2.45) is 0 Å². The molecule has 1 heterocycles. The van der Waals surface area contributed by atoms with E-state index in [0.717, 1.165) is 18.8 Å². The van der Waals surface area contributed by atoms with Crippen molar-refractivity contribution < 1.29 is 9.18 Å². The molecule has 1 fully saturated rings. The summed E-state index contributed by atoms with van der Waals surface area (Å²) in [6, 6.07) is 12.2. The molecule has 1 amide bonds. The molecule has 0 unspecified atom stereocenters. The topological polar surface area (TPSA) is 44.4 Å². The first-order chi connectivity index (χ1) is 12.1. The Labute approximate surface area is 152 Å². The fourth-order valence-electron chi connectivity index (χ4n) is 2.90. The molecule has 0 atom stereocenters. The van der Waals surface area contributed by atoms with E-state index < -0.39 is 5.82 Å². The maximum absolute atomic E-state index is 13.1. The van der Waals surface area contributed by atoms with E-state index in [1.807, 2.05) is 24.3 Å². The zero-order valence-corrected chi connectivity index (χ0v) is 14.7. The highest BCUT2D eigenvalue weighted by Gasteiger charge is 2.11. The lowest BCUT2D eigenvalue weighted by Crippen LogP contribution is -2.29. The van der Waals surface area contributed by atoms with Gasteiger partial charge in [0.2, 0.25) is 5.91 Å². The normalized spacial score (nSPS) is 14.2. The van der Waals surface area contributed by atoms with Crippen molar-refractivity contribution in [1.29, 1.82) is 0 Å². The first-order valence-corrected chi connectivity index (χ1v) is 8.83. The number of nitrogens with one attached hydrogen (secondary N) is 2. The first-order valence-electron chi connectivity index (χ1n) is 8.45. The van der Waals surface area contributed by atoms with Crippen molar-refractivity contribution >= 4 is 34.6 Å². The van der Waals surface area contributed by atoms with Crippen LogP contribution < -0.4 is 15.5 Å². The van der Waals surface area contributed by atoms with E-state index in [4.69, 9.17) is 11.6 Å². The number of halogens is 2. The Morgan fingerprint density at radius 1 is 1.04 bits per heavy atom. The van der Waals surface area contributed by atoms with Crippen molar-refractivity contribution in [3.8, 4) is 0 Å². The number of amides is 1. The summed E-state index contributed by atoms with van der Waals surface area (Å²) in [4.78, 5) is 14.4. The Balaban J connectivity index is 1.51. The van der Waals surface area contributed by atoms with Crippen molar-refractivity contribution in [3.63, 3.8) is 0 Å². The molecule has 6 heteroatoms. The molecule has 0 aromatic heterocycles. The largest absolute Gasteiger partial charge is 0.376 e. The third-order valence-corrected chi connectivity index (χ3v) is 4.53. The van der Waals surface area contributed by atoms with Crippen molar-refractivity contribution in [2.45, 2.75) is 19.3 Å². The van der Waals surface area contributed by atoms with E-state index in [2.05, 4.69) is 15.5 Å². The molecule has 2 aromatic carbocycles. The minimum atomic E-state index is -0.481. The van der Waals surface area contributed by atoms with E-state index in [1.54, 1.807) is 6.07 Å². The predicted molar refractivity (Wildman–Crippen MR) is 101 cm³/mol. The van der Waals surface area contributed by atoms with Gasteiger partial charge in [0.15, 0.2) is 0 Å². The standard InChI is InChI=1S/C19H21ClFN3O/c20-17-12-15(6-9-18(17)21)22-13-19(25)23-14-4-7-16(8-5-14)24-10-2-1-3-11-24/h4-9,12,22H,1-3,10-11,13H2,(H,23,25). The highest BCUT2D eigenvalue weighted by molar-refractivity contribution is 6.31. The van der Waals surface area contributed by atoms with Gasteiger partial charge in [-0.05, 0) is 61.7 Å². The van der Waals surface area contributed by atoms with Gasteiger partial charge >= 0.3 is 0 Å². The number of carbonyl (C=O) groups excluding carboxylic acids is 1. The lowest BCUT2D eigenvalue weighted by Gasteiger charge is -2.28. The highest BCUT2D eigenvalue weighted by Crippen LogP contribution is 2.22. The second-order valence-electron chi connectivity index (χ2n) is 6.13. The van der Waals surface area contributed by atoms with E-state index >= 15 is 0 Å². The Kier molecular flexibility index (Phi) is 5.76. The third kappa shape index (κ3) is 4.86. The lowest BCUT2D eigenvalue weighted by atomic mass is 10.1. The summed E-state index contributed by atoms with van der Waals surface area (Å²) in [7, 11) is 0. The van der Waals surface area contributed by atoms with Gasteiger partial charge < -0.3 is 15.5 Å². The number of nitrogens with zero attached hydrogens (tertiary/aromatic N) is 1. The summed E-state index contributed by atoms with van der Waals surface area (Å²) in [5, 5.41) is 5.79. The van der Waals surface area contributed by atoms with Crippen LogP contribution in [0.1, 0.15) is 19.3 Å².